The normalized spacial score (nSPS) is 17.4. The molecule has 26 heavy (non-hydrogen) atoms. The van der Waals surface area contributed by atoms with Crippen LogP contribution in [0, 0.1) is 12.7 Å². The maximum absolute atomic E-state index is 13.3. The summed E-state index contributed by atoms with van der Waals surface area (Å²) in [7, 11) is -3.84. The monoisotopic (exact) mass is 398 g/mol. The highest BCUT2D eigenvalue weighted by atomic mass is 35.5. The number of hydrogen-bond donors (Lipinski definition) is 1. The van der Waals surface area contributed by atoms with Crippen molar-refractivity contribution in [3.8, 4) is 0 Å². The third-order valence-corrected chi connectivity index (χ3v) is 5.59. The minimum absolute atomic E-state index is 0.0487. The number of nitrogens with zero attached hydrogens (tertiary/aromatic N) is 1. The molecule has 9 heteroatoms. The summed E-state index contributed by atoms with van der Waals surface area (Å²) in [6, 6.07) is 10.2. The van der Waals surface area contributed by atoms with Crippen molar-refractivity contribution in [3.05, 3.63) is 58.9 Å². The van der Waals surface area contributed by atoms with Crippen molar-refractivity contribution in [1.82, 2.24) is 4.72 Å². The van der Waals surface area contributed by atoms with Crippen LogP contribution < -0.4 is 9.62 Å². The molecule has 2 aromatic rings. The molecule has 6 nitrogen and oxygen atoms in total. The second-order valence-corrected chi connectivity index (χ2v) is 8.06. The van der Waals surface area contributed by atoms with Crippen molar-refractivity contribution in [1.29, 1.82) is 0 Å². The number of cyclic esters (lactones) is 1. The molecule has 1 N–H and O–H groups in total. The van der Waals surface area contributed by atoms with Gasteiger partial charge < -0.3 is 4.74 Å². The van der Waals surface area contributed by atoms with E-state index in [0.29, 0.717) is 10.7 Å². The molecule has 0 aliphatic carbocycles. The fraction of sp³-hybridized carbons (Fsp3) is 0.235. The van der Waals surface area contributed by atoms with Gasteiger partial charge in [-0.1, -0.05) is 17.7 Å². The second kappa shape index (κ2) is 7.22. The van der Waals surface area contributed by atoms with Gasteiger partial charge in [0.25, 0.3) is 0 Å². The van der Waals surface area contributed by atoms with Crippen LogP contribution in [0.15, 0.2) is 47.4 Å². The smallest absolute Gasteiger partial charge is 0.414 e. The highest BCUT2D eigenvalue weighted by molar-refractivity contribution is 7.89. The van der Waals surface area contributed by atoms with Gasteiger partial charge in [-0.3, -0.25) is 4.90 Å². The van der Waals surface area contributed by atoms with E-state index in [1.807, 2.05) is 0 Å². The molecule has 0 saturated carbocycles. The van der Waals surface area contributed by atoms with E-state index in [9.17, 15) is 17.6 Å². The van der Waals surface area contributed by atoms with Gasteiger partial charge in [-0.05, 0) is 48.9 Å². The lowest BCUT2D eigenvalue weighted by molar-refractivity contribution is 0.143. The van der Waals surface area contributed by atoms with E-state index in [-0.39, 0.29) is 23.5 Å². The number of benzene rings is 2. The average molecular weight is 399 g/mol. The minimum atomic E-state index is -3.84. The third-order valence-electron chi connectivity index (χ3n) is 3.93. The third kappa shape index (κ3) is 3.98. The second-order valence-electron chi connectivity index (χ2n) is 5.86. The number of carbonyl (C=O) groups excluding carboxylic acids is 1. The maximum atomic E-state index is 13.3. The van der Waals surface area contributed by atoms with Gasteiger partial charge in [-0.2, -0.15) is 0 Å². The molecule has 3 rings (SSSR count). The first-order valence-electron chi connectivity index (χ1n) is 7.76. The Morgan fingerprint density at radius 2 is 2.08 bits per heavy atom. The predicted octanol–water partition coefficient (Wildman–Crippen LogP) is 3.09. The number of halogens is 2. The first-order chi connectivity index (χ1) is 12.3. The van der Waals surface area contributed by atoms with Gasteiger partial charge in [0.15, 0.2) is 0 Å². The largest absolute Gasteiger partial charge is 0.443 e. The average Bonchev–Trinajstić information content (AvgIpc) is 2.96. The summed E-state index contributed by atoms with van der Waals surface area (Å²) < 4.78 is 45.5. The molecule has 1 unspecified atom stereocenters. The van der Waals surface area contributed by atoms with Crippen molar-refractivity contribution in [3.63, 3.8) is 0 Å². The Morgan fingerprint density at radius 1 is 1.31 bits per heavy atom. The number of carbonyl (C=O) groups is 1. The molecule has 1 fully saturated rings. The van der Waals surface area contributed by atoms with Gasteiger partial charge in [0, 0.05) is 17.3 Å². The fourth-order valence-corrected chi connectivity index (χ4v) is 3.89. The highest BCUT2D eigenvalue weighted by Crippen LogP contribution is 2.24. The number of amides is 1. The van der Waals surface area contributed by atoms with Crippen LogP contribution in [0.3, 0.4) is 0 Å². The number of rotatable bonds is 5. The van der Waals surface area contributed by atoms with Crippen molar-refractivity contribution in [2.75, 3.05) is 18.0 Å². The molecule has 138 valence electrons. The zero-order valence-corrected chi connectivity index (χ0v) is 15.3. The number of nitrogens with one attached hydrogen (secondary N) is 1. The summed E-state index contributed by atoms with van der Waals surface area (Å²) in [5.41, 5.74) is 0.800. The summed E-state index contributed by atoms with van der Waals surface area (Å²) in [4.78, 5) is 13.3. The van der Waals surface area contributed by atoms with E-state index in [1.54, 1.807) is 24.3 Å². The standard InChI is InChI=1S/C17H16ClFN2O4S/c1-11-7-15(5-6-16(11)19)26(23,24)20-9-14-10-21(17(22)25-14)13-4-2-3-12(18)8-13/h2-8,14,20H,9-10H2,1H3. The Hall–Kier alpha value is -2.16. The summed E-state index contributed by atoms with van der Waals surface area (Å²) in [6.07, 6.45) is -1.23. The van der Waals surface area contributed by atoms with Crippen molar-refractivity contribution in [2.45, 2.75) is 17.9 Å². The van der Waals surface area contributed by atoms with Crippen LogP contribution in [0.4, 0.5) is 14.9 Å². The van der Waals surface area contributed by atoms with Crippen molar-refractivity contribution < 1.29 is 22.3 Å². The van der Waals surface area contributed by atoms with Crippen LogP contribution in [0.1, 0.15) is 5.56 Å². The van der Waals surface area contributed by atoms with Crippen molar-refractivity contribution in [2.24, 2.45) is 0 Å². The molecule has 0 bridgehead atoms. The van der Waals surface area contributed by atoms with Crippen LogP contribution in [-0.2, 0) is 14.8 Å². The Bertz CT molecular complexity index is 952. The van der Waals surface area contributed by atoms with Crippen LogP contribution in [0.5, 0.6) is 0 Å². The van der Waals surface area contributed by atoms with Gasteiger partial charge in [0.1, 0.15) is 11.9 Å². The van der Waals surface area contributed by atoms with Gasteiger partial charge >= 0.3 is 6.09 Å². The molecule has 1 aliphatic rings. The quantitative estimate of drug-likeness (QED) is 0.839. The van der Waals surface area contributed by atoms with E-state index in [4.69, 9.17) is 16.3 Å². The van der Waals surface area contributed by atoms with E-state index in [1.165, 1.54) is 24.0 Å². The fourth-order valence-electron chi connectivity index (χ4n) is 2.55. The number of sulfonamides is 1. The molecule has 0 spiro atoms. The zero-order chi connectivity index (χ0) is 18.9. The highest BCUT2D eigenvalue weighted by Gasteiger charge is 2.33. The Morgan fingerprint density at radius 3 is 2.77 bits per heavy atom. The zero-order valence-electron chi connectivity index (χ0n) is 13.8. The molecule has 1 amide bonds. The lowest BCUT2D eigenvalue weighted by Crippen LogP contribution is -2.34. The minimum Gasteiger partial charge on any atom is -0.443 e. The molecule has 1 saturated heterocycles. The van der Waals surface area contributed by atoms with Crippen LogP contribution in [0.2, 0.25) is 5.02 Å². The molecule has 1 aliphatic heterocycles. The summed E-state index contributed by atoms with van der Waals surface area (Å²) in [5, 5.41) is 0.478. The van der Waals surface area contributed by atoms with Crippen LogP contribution >= 0.6 is 11.6 Å². The van der Waals surface area contributed by atoms with E-state index < -0.39 is 28.0 Å². The molecule has 1 atom stereocenters. The lowest BCUT2D eigenvalue weighted by Gasteiger charge is -2.13. The predicted molar refractivity (Wildman–Crippen MR) is 95.4 cm³/mol. The molecule has 1 heterocycles. The topological polar surface area (TPSA) is 75.7 Å². The van der Waals surface area contributed by atoms with Gasteiger partial charge in [0.2, 0.25) is 10.0 Å². The Balaban J connectivity index is 1.66. The van der Waals surface area contributed by atoms with Crippen molar-refractivity contribution >= 4 is 33.4 Å². The van der Waals surface area contributed by atoms with Gasteiger partial charge in [-0.15, -0.1) is 0 Å². The number of hydrogen-bond acceptors (Lipinski definition) is 4. The van der Waals surface area contributed by atoms with E-state index in [0.717, 1.165) is 6.07 Å². The van der Waals surface area contributed by atoms with E-state index >= 15 is 0 Å². The Kier molecular flexibility index (Phi) is 5.17. The number of anilines is 1. The van der Waals surface area contributed by atoms with Gasteiger partial charge in [-0.25, -0.2) is 22.3 Å². The molecule has 0 aromatic heterocycles. The molecule has 0 radical (unpaired) electrons. The molecule has 2 aromatic carbocycles. The van der Waals surface area contributed by atoms with E-state index in [2.05, 4.69) is 4.72 Å². The summed E-state index contributed by atoms with van der Waals surface area (Å²) in [5.74, 6) is -0.481. The lowest BCUT2D eigenvalue weighted by atomic mass is 10.2. The van der Waals surface area contributed by atoms with Crippen LogP contribution in [0.25, 0.3) is 0 Å². The maximum Gasteiger partial charge on any atom is 0.414 e. The first kappa shape index (κ1) is 18.6. The van der Waals surface area contributed by atoms with Crippen LogP contribution in [-0.4, -0.2) is 33.7 Å². The SMILES string of the molecule is Cc1cc(S(=O)(=O)NCC2CN(c3cccc(Cl)c3)C(=O)O2)ccc1F. The summed E-state index contributed by atoms with van der Waals surface area (Å²) in [6.45, 7) is 1.57. The Labute approximate surface area is 155 Å². The van der Waals surface area contributed by atoms with Gasteiger partial charge in [0.05, 0.1) is 11.4 Å². The number of ether oxygens (including phenoxy) is 1. The summed E-state index contributed by atoms with van der Waals surface area (Å²) >= 11 is 5.92. The molecular formula is C17H16ClFN2O4S. The molecular weight excluding hydrogens is 383 g/mol. The number of aryl methyl sites for hydroxylation is 1. The first-order valence-corrected chi connectivity index (χ1v) is 9.62.